The number of rotatable bonds is 8. The minimum Gasteiger partial charge on any atom is -0.397 e. The van der Waals surface area contributed by atoms with Crippen LogP contribution in [0.3, 0.4) is 0 Å². The maximum atomic E-state index is 11.0. The van der Waals surface area contributed by atoms with Crippen LogP contribution < -0.4 is 0 Å². The normalized spacial score (nSPS) is 11.1. The summed E-state index contributed by atoms with van der Waals surface area (Å²) in [4.78, 5) is 22.0. The van der Waals surface area contributed by atoms with Crippen LogP contribution in [0.4, 0.5) is 0 Å². The monoisotopic (exact) mass is 284 g/mol. The molecule has 0 fully saturated rings. The molecule has 6 nitrogen and oxygen atoms in total. The second kappa shape index (κ2) is 8.62. The van der Waals surface area contributed by atoms with Crippen molar-refractivity contribution in [3.05, 3.63) is 0 Å². The van der Waals surface area contributed by atoms with E-state index in [1.807, 2.05) is 0 Å². The van der Waals surface area contributed by atoms with Gasteiger partial charge in [-0.3, -0.25) is 9.59 Å². The Morgan fingerprint density at radius 2 is 1.53 bits per heavy atom. The standard InChI is InChI=1S/C9H16O6S2/c10-4-2-1-3-9(13,14-7(11)5-16)15-8(12)6-17/h10,13,16-17H,1-6H2. The highest BCUT2D eigenvalue weighted by Crippen LogP contribution is 2.19. The summed E-state index contributed by atoms with van der Waals surface area (Å²) in [6, 6.07) is 0. The van der Waals surface area contributed by atoms with Gasteiger partial charge in [-0.25, -0.2) is 0 Å². The topological polar surface area (TPSA) is 93.1 Å². The molecule has 0 atom stereocenters. The van der Waals surface area contributed by atoms with Gasteiger partial charge in [-0.05, 0) is 12.8 Å². The van der Waals surface area contributed by atoms with Crippen LogP contribution in [0.2, 0.25) is 0 Å². The van der Waals surface area contributed by atoms with Gasteiger partial charge in [0.2, 0.25) is 0 Å². The van der Waals surface area contributed by atoms with E-state index in [9.17, 15) is 14.7 Å². The molecule has 0 heterocycles. The van der Waals surface area contributed by atoms with E-state index in [4.69, 9.17) is 5.11 Å². The van der Waals surface area contributed by atoms with Crippen LogP contribution in [0.15, 0.2) is 0 Å². The average molecular weight is 284 g/mol. The SMILES string of the molecule is O=C(CS)OC(O)(CCCCO)OC(=O)CS. The summed E-state index contributed by atoms with van der Waals surface area (Å²) in [5.74, 6) is -4.44. The van der Waals surface area contributed by atoms with Crippen molar-refractivity contribution in [3.8, 4) is 0 Å². The number of hydrogen-bond donors (Lipinski definition) is 4. The Morgan fingerprint density at radius 1 is 1.06 bits per heavy atom. The maximum Gasteiger partial charge on any atom is 0.373 e. The van der Waals surface area contributed by atoms with Crippen LogP contribution in [-0.4, -0.2) is 46.2 Å². The number of thiol groups is 2. The molecule has 0 unspecified atom stereocenters. The molecule has 100 valence electrons. The lowest BCUT2D eigenvalue weighted by Gasteiger charge is -2.26. The molecule has 0 spiro atoms. The molecule has 0 aromatic rings. The summed E-state index contributed by atoms with van der Waals surface area (Å²) in [7, 11) is 0. The van der Waals surface area contributed by atoms with Crippen molar-refractivity contribution in [2.45, 2.75) is 25.2 Å². The van der Waals surface area contributed by atoms with Crippen molar-refractivity contribution < 1.29 is 29.3 Å². The number of hydrogen-bond acceptors (Lipinski definition) is 8. The fraction of sp³-hybridized carbons (Fsp3) is 0.778. The summed E-state index contributed by atoms with van der Waals surface area (Å²) < 4.78 is 9.18. The van der Waals surface area contributed by atoms with E-state index in [0.717, 1.165) is 0 Å². The van der Waals surface area contributed by atoms with Crippen LogP contribution in [0.5, 0.6) is 0 Å². The summed E-state index contributed by atoms with van der Waals surface area (Å²) >= 11 is 7.34. The highest BCUT2D eigenvalue weighted by molar-refractivity contribution is 7.81. The lowest BCUT2D eigenvalue weighted by molar-refractivity contribution is -0.326. The molecule has 0 saturated heterocycles. The smallest absolute Gasteiger partial charge is 0.373 e. The molecule has 0 aromatic carbocycles. The first-order chi connectivity index (χ1) is 7.97. The van der Waals surface area contributed by atoms with Gasteiger partial charge in [0.05, 0.1) is 17.9 Å². The van der Waals surface area contributed by atoms with E-state index in [1.54, 1.807) is 0 Å². The van der Waals surface area contributed by atoms with E-state index in [-0.39, 0.29) is 24.5 Å². The molecule has 0 aliphatic rings. The highest BCUT2D eigenvalue weighted by Gasteiger charge is 2.35. The van der Waals surface area contributed by atoms with Crippen molar-refractivity contribution >= 4 is 37.2 Å². The van der Waals surface area contributed by atoms with Crippen molar-refractivity contribution in [3.63, 3.8) is 0 Å². The number of ether oxygens (including phenoxy) is 2. The summed E-state index contributed by atoms with van der Waals surface area (Å²) in [6.07, 6.45) is 0.596. The molecule has 0 aliphatic carbocycles. The molecule has 8 heteroatoms. The molecule has 0 aliphatic heterocycles. The first-order valence-electron chi connectivity index (χ1n) is 4.96. The van der Waals surface area contributed by atoms with E-state index in [0.29, 0.717) is 12.8 Å². The Labute approximate surface area is 110 Å². The third kappa shape index (κ3) is 7.48. The summed E-state index contributed by atoms with van der Waals surface area (Å²) in [5.41, 5.74) is 0. The third-order valence-electron chi connectivity index (χ3n) is 1.71. The molecule has 0 radical (unpaired) electrons. The van der Waals surface area contributed by atoms with Gasteiger partial charge < -0.3 is 19.7 Å². The molecular weight excluding hydrogens is 268 g/mol. The average Bonchev–Trinajstić information content (AvgIpc) is 2.28. The second-order valence-corrected chi connectivity index (χ2v) is 3.79. The number of aliphatic hydroxyl groups is 2. The van der Waals surface area contributed by atoms with Gasteiger partial charge in [0.25, 0.3) is 0 Å². The van der Waals surface area contributed by atoms with Gasteiger partial charge in [-0.1, -0.05) is 0 Å². The Morgan fingerprint density at radius 3 is 1.88 bits per heavy atom. The van der Waals surface area contributed by atoms with Crippen LogP contribution >= 0.6 is 25.3 Å². The minimum absolute atomic E-state index is 0.0723. The number of carbonyl (C=O) groups is 2. The predicted molar refractivity (Wildman–Crippen MR) is 65.8 cm³/mol. The number of esters is 2. The quantitative estimate of drug-likeness (QED) is 0.212. The van der Waals surface area contributed by atoms with Crippen molar-refractivity contribution in [1.82, 2.24) is 0 Å². The minimum atomic E-state index is -2.31. The van der Waals surface area contributed by atoms with E-state index < -0.39 is 17.9 Å². The Kier molecular flexibility index (Phi) is 8.40. The van der Waals surface area contributed by atoms with E-state index in [1.165, 1.54) is 0 Å². The van der Waals surface area contributed by atoms with Crippen molar-refractivity contribution in [2.24, 2.45) is 0 Å². The molecule has 0 rings (SSSR count). The second-order valence-electron chi connectivity index (χ2n) is 3.16. The lowest BCUT2D eigenvalue weighted by Crippen LogP contribution is -2.40. The predicted octanol–water partition coefficient (Wildman–Crippen LogP) is -0.259. The summed E-state index contributed by atoms with van der Waals surface area (Å²) in [6.45, 7) is -0.0723. The lowest BCUT2D eigenvalue weighted by atomic mass is 10.2. The van der Waals surface area contributed by atoms with Crippen molar-refractivity contribution in [1.29, 1.82) is 0 Å². The van der Waals surface area contributed by atoms with Gasteiger partial charge >= 0.3 is 17.9 Å². The van der Waals surface area contributed by atoms with Gasteiger partial charge in [0.1, 0.15) is 0 Å². The Bertz CT molecular complexity index is 240. The molecule has 0 amide bonds. The third-order valence-corrected chi connectivity index (χ3v) is 2.22. The Balaban J connectivity index is 4.44. The maximum absolute atomic E-state index is 11.0. The van der Waals surface area contributed by atoms with Gasteiger partial charge in [0, 0.05) is 6.61 Å². The molecular formula is C9H16O6S2. The highest BCUT2D eigenvalue weighted by atomic mass is 32.1. The van der Waals surface area contributed by atoms with Gasteiger partial charge in [0.15, 0.2) is 0 Å². The number of aliphatic hydroxyl groups excluding tert-OH is 1. The van der Waals surface area contributed by atoms with E-state index in [2.05, 4.69) is 34.7 Å². The first-order valence-corrected chi connectivity index (χ1v) is 6.22. The largest absolute Gasteiger partial charge is 0.397 e. The fourth-order valence-electron chi connectivity index (χ4n) is 1.00. The Hall–Kier alpha value is -0.440. The zero-order valence-electron chi connectivity index (χ0n) is 9.16. The zero-order valence-corrected chi connectivity index (χ0v) is 11.0. The summed E-state index contributed by atoms with van der Waals surface area (Å²) in [5, 5.41) is 18.4. The van der Waals surface area contributed by atoms with Crippen LogP contribution in [0, 0.1) is 0 Å². The molecule has 0 saturated carbocycles. The first kappa shape index (κ1) is 16.6. The van der Waals surface area contributed by atoms with Gasteiger partial charge in [-0.15, -0.1) is 0 Å². The van der Waals surface area contributed by atoms with Crippen LogP contribution in [-0.2, 0) is 19.1 Å². The van der Waals surface area contributed by atoms with Crippen molar-refractivity contribution in [2.75, 3.05) is 18.1 Å². The van der Waals surface area contributed by atoms with E-state index >= 15 is 0 Å². The molecule has 0 bridgehead atoms. The fourth-order valence-corrected chi connectivity index (χ4v) is 1.13. The molecule has 17 heavy (non-hydrogen) atoms. The van der Waals surface area contributed by atoms with Gasteiger partial charge in [-0.2, -0.15) is 25.3 Å². The molecule has 0 aromatic heterocycles. The van der Waals surface area contributed by atoms with Crippen LogP contribution in [0.25, 0.3) is 0 Å². The zero-order chi connectivity index (χ0) is 13.3. The van der Waals surface area contributed by atoms with Crippen LogP contribution in [0.1, 0.15) is 19.3 Å². The number of carbonyl (C=O) groups excluding carboxylic acids is 2. The number of unbranched alkanes of at least 4 members (excludes halogenated alkanes) is 1. The molecule has 2 N–H and O–H groups in total.